The van der Waals surface area contributed by atoms with Crippen LogP contribution >= 0.6 is 0 Å². The molecule has 13 heavy (non-hydrogen) atoms. The summed E-state index contributed by atoms with van der Waals surface area (Å²) in [5.41, 5.74) is 0.604. The molecular formula is C9H7NO3. The summed E-state index contributed by atoms with van der Waals surface area (Å²) in [4.78, 5) is 20.3. The Bertz CT molecular complexity index is 371. The van der Waals surface area contributed by atoms with E-state index in [1.165, 1.54) is 24.3 Å². The van der Waals surface area contributed by atoms with E-state index in [-0.39, 0.29) is 11.3 Å². The second-order valence-corrected chi connectivity index (χ2v) is 2.40. The summed E-state index contributed by atoms with van der Waals surface area (Å²) in [6.07, 6.45) is 1.95. The molecule has 1 aromatic rings. The summed E-state index contributed by atoms with van der Waals surface area (Å²) in [5.74, 6) is 0. The van der Waals surface area contributed by atoms with Crippen molar-refractivity contribution < 1.29 is 9.72 Å². The molecule has 0 atom stereocenters. The molecule has 1 rings (SSSR count). The second-order valence-electron chi connectivity index (χ2n) is 2.40. The van der Waals surface area contributed by atoms with Crippen LogP contribution in [0.5, 0.6) is 0 Å². The quantitative estimate of drug-likeness (QED) is 0.403. The molecule has 0 amide bonds. The number of carbonyl (C=O) groups excluding carboxylic acids is 1. The lowest BCUT2D eigenvalue weighted by Crippen LogP contribution is -1.93. The zero-order chi connectivity index (χ0) is 9.84. The van der Waals surface area contributed by atoms with E-state index in [0.29, 0.717) is 11.8 Å². The standard InChI is InChI=1S/C9H7NO3/c1-2-8-4-3-7(6-11)5-9(8)10(12)13/h2-6H,1H2. The fraction of sp³-hybridized carbons (Fsp3) is 0. The summed E-state index contributed by atoms with van der Waals surface area (Å²) < 4.78 is 0. The number of nitro groups is 1. The van der Waals surface area contributed by atoms with Crippen molar-refractivity contribution in [1.29, 1.82) is 0 Å². The van der Waals surface area contributed by atoms with Gasteiger partial charge in [-0.2, -0.15) is 0 Å². The molecule has 66 valence electrons. The van der Waals surface area contributed by atoms with E-state index >= 15 is 0 Å². The molecule has 0 unspecified atom stereocenters. The van der Waals surface area contributed by atoms with E-state index in [1.807, 2.05) is 0 Å². The smallest absolute Gasteiger partial charge is 0.277 e. The second kappa shape index (κ2) is 3.62. The molecule has 0 spiro atoms. The van der Waals surface area contributed by atoms with Gasteiger partial charge >= 0.3 is 0 Å². The van der Waals surface area contributed by atoms with E-state index in [2.05, 4.69) is 6.58 Å². The van der Waals surface area contributed by atoms with Crippen LogP contribution in [-0.2, 0) is 0 Å². The van der Waals surface area contributed by atoms with Crippen molar-refractivity contribution in [3.63, 3.8) is 0 Å². The fourth-order valence-electron chi connectivity index (χ4n) is 0.965. The molecule has 0 N–H and O–H groups in total. The van der Waals surface area contributed by atoms with Gasteiger partial charge in [0.25, 0.3) is 5.69 Å². The van der Waals surface area contributed by atoms with Crippen LogP contribution in [-0.4, -0.2) is 11.2 Å². The van der Waals surface area contributed by atoms with Crippen LogP contribution in [0.15, 0.2) is 24.8 Å². The van der Waals surface area contributed by atoms with Crippen LogP contribution in [0.4, 0.5) is 5.69 Å². The largest absolute Gasteiger partial charge is 0.298 e. The molecule has 0 aliphatic rings. The van der Waals surface area contributed by atoms with Crippen LogP contribution in [0, 0.1) is 10.1 Å². The number of nitro benzene ring substituents is 1. The van der Waals surface area contributed by atoms with Gasteiger partial charge in [0.2, 0.25) is 0 Å². The Kier molecular flexibility index (Phi) is 2.54. The molecule has 0 bridgehead atoms. The first-order chi connectivity index (χ1) is 6.19. The minimum atomic E-state index is -0.538. The van der Waals surface area contributed by atoms with Gasteiger partial charge in [0.15, 0.2) is 0 Å². The maximum atomic E-state index is 10.5. The molecule has 1 aromatic carbocycles. The number of hydrogen-bond donors (Lipinski definition) is 0. The maximum Gasteiger partial charge on any atom is 0.277 e. The molecule has 0 fully saturated rings. The van der Waals surface area contributed by atoms with Crippen molar-refractivity contribution in [2.24, 2.45) is 0 Å². The lowest BCUT2D eigenvalue weighted by Gasteiger charge is -1.97. The van der Waals surface area contributed by atoms with Gasteiger partial charge in [-0.1, -0.05) is 18.7 Å². The van der Waals surface area contributed by atoms with Gasteiger partial charge in [0.1, 0.15) is 6.29 Å². The van der Waals surface area contributed by atoms with Gasteiger partial charge in [-0.3, -0.25) is 14.9 Å². The monoisotopic (exact) mass is 177 g/mol. The van der Waals surface area contributed by atoms with Crippen LogP contribution in [0.1, 0.15) is 15.9 Å². The average Bonchev–Trinajstić information content (AvgIpc) is 2.16. The number of hydrogen-bond acceptors (Lipinski definition) is 3. The Morgan fingerprint density at radius 3 is 2.62 bits per heavy atom. The van der Waals surface area contributed by atoms with Gasteiger partial charge in [0, 0.05) is 11.6 Å². The normalized spacial score (nSPS) is 9.23. The molecule has 0 aliphatic carbocycles. The fourth-order valence-corrected chi connectivity index (χ4v) is 0.965. The Morgan fingerprint density at radius 2 is 2.15 bits per heavy atom. The number of aldehydes is 1. The number of rotatable bonds is 3. The minimum absolute atomic E-state index is 0.0976. The van der Waals surface area contributed by atoms with Crippen LogP contribution in [0.2, 0.25) is 0 Å². The molecule has 4 heteroatoms. The van der Waals surface area contributed by atoms with E-state index in [4.69, 9.17) is 0 Å². The summed E-state index contributed by atoms with van der Waals surface area (Å²) >= 11 is 0. The third-order valence-corrected chi connectivity index (χ3v) is 1.61. The first kappa shape index (κ1) is 9.12. The van der Waals surface area contributed by atoms with Crippen molar-refractivity contribution in [1.82, 2.24) is 0 Å². The predicted octanol–water partition coefficient (Wildman–Crippen LogP) is 2.05. The van der Waals surface area contributed by atoms with Crippen LogP contribution in [0.3, 0.4) is 0 Å². The Hall–Kier alpha value is -1.97. The van der Waals surface area contributed by atoms with Gasteiger partial charge in [-0.05, 0) is 6.07 Å². The first-order valence-corrected chi connectivity index (χ1v) is 3.55. The van der Waals surface area contributed by atoms with Crippen molar-refractivity contribution in [3.8, 4) is 0 Å². The Balaban J connectivity index is 3.33. The van der Waals surface area contributed by atoms with E-state index in [9.17, 15) is 14.9 Å². The van der Waals surface area contributed by atoms with E-state index < -0.39 is 4.92 Å². The van der Waals surface area contributed by atoms with Crippen LogP contribution in [0.25, 0.3) is 6.08 Å². The first-order valence-electron chi connectivity index (χ1n) is 3.55. The maximum absolute atomic E-state index is 10.5. The summed E-state index contributed by atoms with van der Waals surface area (Å²) in [7, 11) is 0. The topological polar surface area (TPSA) is 60.2 Å². The predicted molar refractivity (Wildman–Crippen MR) is 48.6 cm³/mol. The molecule has 0 saturated heterocycles. The Morgan fingerprint density at radius 1 is 1.46 bits per heavy atom. The summed E-state index contributed by atoms with van der Waals surface area (Å²) in [6.45, 7) is 3.44. The number of benzene rings is 1. The molecule has 0 aromatic heterocycles. The van der Waals surface area contributed by atoms with Crippen LogP contribution < -0.4 is 0 Å². The van der Waals surface area contributed by atoms with Gasteiger partial charge in [-0.25, -0.2) is 0 Å². The third kappa shape index (κ3) is 1.79. The summed E-state index contributed by atoms with van der Waals surface area (Å²) in [6, 6.07) is 4.23. The Labute approximate surface area is 74.7 Å². The highest BCUT2D eigenvalue weighted by Gasteiger charge is 2.11. The highest BCUT2D eigenvalue weighted by atomic mass is 16.6. The SMILES string of the molecule is C=Cc1ccc(C=O)cc1[N+](=O)[O-]. The average molecular weight is 177 g/mol. The van der Waals surface area contributed by atoms with Crippen molar-refractivity contribution in [2.45, 2.75) is 0 Å². The van der Waals surface area contributed by atoms with Gasteiger partial charge < -0.3 is 0 Å². The van der Waals surface area contributed by atoms with Gasteiger partial charge in [-0.15, -0.1) is 0 Å². The summed E-state index contributed by atoms with van der Waals surface area (Å²) in [5, 5.41) is 10.5. The zero-order valence-corrected chi connectivity index (χ0v) is 6.77. The van der Waals surface area contributed by atoms with E-state index in [1.54, 1.807) is 0 Å². The van der Waals surface area contributed by atoms with Crippen molar-refractivity contribution in [3.05, 3.63) is 46.0 Å². The molecule has 4 nitrogen and oxygen atoms in total. The van der Waals surface area contributed by atoms with Gasteiger partial charge in [0.05, 0.1) is 10.5 Å². The molecule has 0 saturated carbocycles. The molecule has 0 aliphatic heterocycles. The molecule has 0 radical (unpaired) electrons. The lowest BCUT2D eigenvalue weighted by molar-refractivity contribution is -0.385. The van der Waals surface area contributed by atoms with Crippen molar-refractivity contribution in [2.75, 3.05) is 0 Å². The molecule has 0 heterocycles. The number of nitrogens with zero attached hydrogens (tertiary/aromatic N) is 1. The van der Waals surface area contributed by atoms with Crippen molar-refractivity contribution >= 4 is 18.0 Å². The lowest BCUT2D eigenvalue weighted by atomic mass is 10.1. The zero-order valence-electron chi connectivity index (χ0n) is 6.77. The highest BCUT2D eigenvalue weighted by molar-refractivity contribution is 5.78. The number of carbonyl (C=O) groups is 1. The third-order valence-electron chi connectivity index (χ3n) is 1.61. The minimum Gasteiger partial charge on any atom is -0.298 e. The molecular weight excluding hydrogens is 170 g/mol. The highest BCUT2D eigenvalue weighted by Crippen LogP contribution is 2.20. The van der Waals surface area contributed by atoms with E-state index in [0.717, 1.165) is 0 Å².